The van der Waals surface area contributed by atoms with Crippen molar-refractivity contribution in [3.05, 3.63) is 46.0 Å². The van der Waals surface area contributed by atoms with Crippen molar-refractivity contribution in [1.29, 1.82) is 0 Å². The van der Waals surface area contributed by atoms with E-state index in [9.17, 15) is 20.0 Å². The number of nitrogens with one attached hydrogen (secondary N) is 1. The van der Waals surface area contributed by atoms with Crippen molar-refractivity contribution in [2.45, 2.75) is 12.0 Å². The van der Waals surface area contributed by atoms with E-state index < -0.39 is 10.5 Å². The Morgan fingerprint density at radius 2 is 2.38 bits per heavy atom. The zero-order valence-corrected chi connectivity index (χ0v) is 11.3. The third-order valence-corrected chi connectivity index (χ3v) is 3.18. The monoisotopic (exact) mass is 292 g/mol. The molecule has 112 valence electrons. The van der Waals surface area contributed by atoms with Crippen molar-refractivity contribution in [2.75, 3.05) is 19.8 Å². The first-order valence-electron chi connectivity index (χ1n) is 6.49. The van der Waals surface area contributed by atoms with Crippen LogP contribution < -0.4 is 5.32 Å². The number of ether oxygens (including phenoxy) is 1. The van der Waals surface area contributed by atoms with E-state index in [-0.39, 0.29) is 24.7 Å². The van der Waals surface area contributed by atoms with Crippen molar-refractivity contribution >= 4 is 17.7 Å². The molecule has 0 saturated carbocycles. The minimum atomic E-state index is -1.00. The second-order valence-electron chi connectivity index (χ2n) is 4.93. The predicted molar refractivity (Wildman–Crippen MR) is 75.5 cm³/mol. The molecule has 2 N–H and O–H groups in total. The van der Waals surface area contributed by atoms with Crippen molar-refractivity contribution in [1.82, 2.24) is 5.32 Å². The van der Waals surface area contributed by atoms with Gasteiger partial charge < -0.3 is 15.2 Å². The molecule has 1 amide bonds. The first kappa shape index (κ1) is 15.1. The molecule has 1 aliphatic heterocycles. The summed E-state index contributed by atoms with van der Waals surface area (Å²) in [6.45, 7) is 0.808. The van der Waals surface area contributed by atoms with Gasteiger partial charge in [-0.1, -0.05) is 12.1 Å². The third kappa shape index (κ3) is 4.37. The highest BCUT2D eigenvalue weighted by molar-refractivity contribution is 5.91. The summed E-state index contributed by atoms with van der Waals surface area (Å²) in [4.78, 5) is 21.8. The fraction of sp³-hybridized carbons (Fsp3) is 0.357. The van der Waals surface area contributed by atoms with Crippen LogP contribution >= 0.6 is 0 Å². The van der Waals surface area contributed by atoms with Crippen LogP contribution in [0.2, 0.25) is 0 Å². The summed E-state index contributed by atoms with van der Waals surface area (Å²) in [6.07, 6.45) is 3.25. The highest BCUT2D eigenvalue weighted by atomic mass is 16.6. The lowest BCUT2D eigenvalue weighted by molar-refractivity contribution is -0.384. The van der Waals surface area contributed by atoms with Gasteiger partial charge in [-0.05, 0) is 11.6 Å². The Balaban J connectivity index is 1.89. The van der Waals surface area contributed by atoms with Gasteiger partial charge in [0.05, 0.1) is 11.5 Å². The zero-order valence-electron chi connectivity index (χ0n) is 11.3. The first-order valence-corrected chi connectivity index (χ1v) is 6.49. The maximum Gasteiger partial charge on any atom is 0.270 e. The molecule has 1 unspecified atom stereocenters. The molecule has 1 atom stereocenters. The molecule has 1 heterocycles. The zero-order chi connectivity index (χ0) is 15.3. The highest BCUT2D eigenvalue weighted by Crippen LogP contribution is 2.17. The summed E-state index contributed by atoms with van der Waals surface area (Å²) in [7, 11) is 0. The van der Waals surface area contributed by atoms with E-state index in [1.807, 2.05) is 0 Å². The van der Waals surface area contributed by atoms with Gasteiger partial charge in [0.25, 0.3) is 5.69 Å². The molecule has 21 heavy (non-hydrogen) atoms. The summed E-state index contributed by atoms with van der Waals surface area (Å²) >= 11 is 0. The number of non-ortho nitro benzene ring substituents is 1. The van der Waals surface area contributed by atoms with Gasteiger partial charge in [0.1, 0.15) is 5.60 Å². The molecule has 0 aliphatic carbocycles. The number of carbonyl (C=O) groups excluding carboxylic acids is 1. The molecule has 0 spiro atoms. The molecule has 2 rings (SSSR count). The number of benzene rings is 1. The van der Waals surface area contributed by atoms with Crippen molar-refractivity contribution < 1.29 is 19.6 Å². The second-order valence-corrected chi connectivity index (χ2v) is 4.93. The maximum atomic E-state index is 11.7. The van der Waals surface area contributed by atoms with Crippen LogP contribution in [-0.4, -0.2) is 41.3 Å². The predicted octanol–water partition coefficient (Wildman–Crippen LogP) is 0.876. The molecule has 0 radical (unpaired) electrons. The van der Waals surface area contributed by atoms with E-state index >= 15 is 0 Å². The van der Waals surface area contributed by atoms with Gasteiger partial charge in [-0.2, -0.15) is 0 Å². The van der Waals surface area contributed by atoms with Gasteiger partial charge >= 0.3 is 0 Å². The minimum absolute atomic E-state index is 0.0324. The number of carbonyl (C=O) groups is 1. The number of nitrogens with zero attached hydrogens (tertiary/aromatic N) is 1. The Labute approximate surface area is 121 Å². The summed E-state index contributed by atoms with van der Waals surface area (Å²) in [5.41, 5.74) is -0.480. The normalized spacial score (nSPS) is 21.6. The molecular weight excluding hydrogens is 276 g/mol. The van der Waals surface area contributed by atoms with Gasteiger partial charge in [0.15, 0.2) is 0 Å². The van der Waals surface area contributed by atoms with Crippen LogP contribution in [0.15, 0.2) is 30.3 Å². The lowest BCUT2D eigenvalue weighted by Crippen LogP contribution is -2.42. The number of rotatable bonds is 5. The quantitative estimate of drug-likeness (QED) is 0.476. The molecule has 7 nitrogen and oxygen atoms in total. The van der Waals surface area contributed by atoms with Gasteiger partial charge in [0, 0.05) is 37.8 Å². The standard InChI is InChI=1S/C14H16N2O5/c17-13(15-9-14(18)6-7-21-10-14)5-4-11-2-1-3-12(8-11)16(19)20/h1-5,8,18H,6-7,9-10H2,(H,15,17)/b5-4+. The Morgan fingerprint density at radius 3 is 3.05 bits per heavy atom. The van der Waals surface area contributed by atoms with Gasteiger partial charge in [-0.15, -0.1) is 0 Å². The smallest absolute Gasteiger partial charge is 0.270 e. The van der Waals surface area contributed by atoms with E-state index in [0.717, 1.165) is 0 Å². The molecule has 1 fully saturated rings. The average Bonchev–Trinajstić information content (AvgIpc) is 2.90. The van der Waals surface area contributed by atoms with Crippen LogP contribution in [0.1, 0.15) is 12.0 Å². The molecular formula is C14H16N2O5. The average molecular weight is 292 g/mol. The van der Waals surface area contributed by atoms with Crippen LogP contribution in [0, 0.1) is 10.1 Å². The Hall–Kier alpha value is -2.25. The molecule has 0 bridgehead atoms. The van der Waals surface area contributed by atoms with Crippen molar-refractivity contribution in [3.8, 4) is 0 Å². The molecule has 7 heteroatoms. The lowest BCUT2D eigenvalue weighted by Gasteiger charge is -2.19. The number of aliphatic hydroxyl groups is 1. The minimum Gasteiger partial charge on any atom is -0.386 e. The summed E-state index contributed by atoms with van der Waals surface area (Å²) < 4.78 is 5.07. The molecule has 1 aromatic rings. The Bertz CT molecular complexity index is 564. The van der Waals surface area contributed by atoms with E-state index in [2.05, 4.69) is 5.32 Å². The summed E-state index contributed by atoms with van der Waals surface area (Å²) in [6, 6.07) is 5.97. The van der Waals surface area contributed by atoms with Gasteiger partial charge in [0.2, 0.25) is 5.91 Å². The molecule has 1 aliphatic rings. The van der Waals surface area contributed by atoms with E-state index in [0.29, 0.717) is 18.6 Å². The Kier molecular flexibility index (Phi) is 4.66. The SMILES string of the molecule is O=C(/C=C/c1cccc([N+](=O)[O-])c1)NCC1(O)CCOC1. The summed E-state index contributed by atoms with van der Waals surface area (Å²) in [5.74, 6) is -0.373. The van der Waals surface area contributed by atoms with E-state index in [1.165, 1.54) is 24.3 Å². The maximum absolute atomic E-state index is 11.7. The number of amides is 1. The topological polar surface area (TPSA) is 102 Å². The fourth-order valence-electron chi connectivity index (χ4n) is 1.96. The molecule has 0 aromatic heterocycles. The van der Waals surface area contributed by atoms with Crippen LogP contribution in [0.25, 0.3) is 6.08 Å². The van der Waals surface area contributed by atoms with E-state index in [4.69, 9.17) is 4.74 Å². The van der Waals surface area contributed by atoms with Crippen LogP contribution in [0.3, 0.4) is 0 Å². The van der Waals surface area contributed by atoms with Crippen molar-refractivity contribution in [2.24, 2.45) is 0 Å². The number of hydrogen-bond acceptors (Lipinski definition) is 5. The second kappa shape index (κ2) is 6.47. The molecule has 1 aromatic carbocycles. The molecule has 1 saturated heterocycles. The van der Waals surface area contributed by atoms with Gasteiger partial charge in [-0.25, -0.2) is 0 Å². The van der Waals surface area contributed by atoms with Crippen molar-refractivity contribution in [3.63, 3.8) is 0 Å². The fourth-order valence-corrected chi connectivity index (χ4v) is 1.96. The lowest BCUT2D eigenvalue weighted by atomic mass is 10.0. The van der Waals surface area contributed by atoms with E-state index in [1.54, 1.807) is 12.1 Å². The number of hydrogen-bond donors (Lipinski definition) is 2. The third-order valence-electron chi connectivity index (χ3n) is 3.18. The highest BCUT2D eigenvalue weighted by Gasteiger charge is 2.32. The van der Waals surface area contributed by atoms with Gasteiger partial charge in [-0.3, -0.25) is 14.9 Å². The number of nitro benzene ring substituents is 1. The van der Waals surface area contributed by atoms with Crippen LogP contribution in [0.4, 0.5) is 5.69 Å². The largest absolute Gasteiger partial charge is 0.386 e. The number of nitro groups is 1. The summed E-state index contributed by atoms with van der Waals surface area (Å²) in [5, 5.41) is 23.2. The van der Waals surface area contributed by atoms with Crippen LogP contribution in [0.5, 0.6) is 0 Å². The van der Waals surface area contributed by atoms with Crippen LogP contribution in [-0.2, 0) is 9.53 Å². The first-order chi connectivity index (χ1) is 9.98. The Morgan fingerprint density at radius 1 is 1.57 bits per heavy atom.